The maximum atomic E-state index is 12.9. The first kappa shape index (κ1) is 19.3. The van der Waals surface area contributed by atoms with E-state index in [2.05, 4.69) is 20.8 Å². The molecule has 28 heavy (non-hydrogen) atoms. The van der Waals surface area contributed by atoms with Crippen molar-refractivity contribution >= 4 is 12.1 Å². The highest BCUT2D eigenvalue weighted by molar-refractivity contribution is 6.05. The summed E-state index contributed by atoms with van der Waals surface area (Å²) in [7, 11) is 0. The molecule has 0 spiro atoms. The molecule has 1 heterocycles. The Morgan fingerprint density at radius 1 is 1.21 bits per heavy atom. The summed E-state index contributed by atoms with van der Waals surface area (Å²) in [5, 5.41) is 21.3. The van der Waals surface area contributed by atoms with Gasteiger partial charge in [0.05, 0.1) is 5.56 Å². The number of fused-ring (bicyclic) bond motifs is 3. The van der Waals surface area contributed by atoms with Gasteiger partial charge in [0.15, 0.2) is 12.1 Å². The van der Waals surface area contributed by atoms with Crippen LogP contribution in [0.15, 0.2) is 0 Å². The molecule has 0 radical (unpaired) electrons. The standard InChI is InChI=1S/C23H30O5/c1-11(2)6-17(25)18-20(27)14(10-24)19(26)13-7-12-8-15-16(22(15,3)4)9-23(12,5)28-21(13)18/h10-12,15-16,26-27H,6-9H2,1-5H3/t12-,15-,16+,23+/m0/s1. The van der Waals surface area contributed by atoms with Gasteiger partial charge in [-0.15, -0.1) is 0 Å². The van der Waals surface area contributed by atoms with Crippen molar-refractivity contribution in [2.75, 3.05) is 0 Å². The number of phenolic OH excluding ortho intramolecular Hbond substituents is 2. The van der Waals surface area contributed by atoms with Crippen LogP contribution in [-0.4, -0.2) is 27.9 Å². The third-order valence-corrected chi connectivity index (χ3v) is 7.63. The summed E-state index contributed by atoms with van der Waals surface area (Å²) in [4.78, 5) is 24.5. The van der Waals surface area contributed by atoms with E-state index in [-0.39, 0.29) is 46.7 Å². The second kappa shape index (κ2) is 5.98. The van der Waals surface area contributed by atoms with E-state index in [1.807, 2.05) is 13.8 Å². The topological polar surface area (TPSA) is 83.8 Å². The third-order valence-electron chi connectivity index (χ3n) is 7.63. The van der Waals surface area contributed by atoms with Crippen LogP contribution in [0.4, 0.5) is 0 Å². The van der Waals surface area contributed by atoms with Crippen molar-refractivity contribution in [1.82, 2.24) is 0 Å². The normalized spacial score (nSPS) is 32.0. The van der Waals surface area contributed by atoms with Crippen LogP contribution in [0.5, 0.6) is 17.2 Å². The number of carbonyl (C=O) groups is 2. The van der Waals surface area contributed by atoms with E-state index in [1.165, 1.54) is 0 Å². The highest BCUT2D eigenvalue weighted by Crippen LogP contribution is 2.69. The van der Waals surface area contributed by atoms with E-state index in [0.29, 0.717) is 35.5 Å². The molecule has 4 atom stereocenters. The van der Waals surface area contributed by atoms with Gasteiger partial charge in [-0.2, -0.15) is 0 Å². The molecule has 0 amide bonds. The van der Waals surface area contributed by atoms with Gasteiger partial charge in [-0.1, -0.05) is 27.7 Å². The Kier molecular flexibility index (Phi) is 4.12. The molecule has 0 saturated heterocycles. The first-order valence-corrected chi connectivity index (χ1v) is 10.3. The van der Waals surface area contributed by atoms with Crippen LogP contribution >= 0.6 is 0 Å². The molecule has 3 aliphatic rings. The first-order valence-electron chi connectivity index (χ1n) is 10.3. The zero-order chi connectivity index (χ0) is 20.6. The number of Topliss-reactive ketones (excluding diaryl/α,β-unsaturated/α-hetero) is 1. The lowest BCUT2D eigenvalue weighted by Crippen LogP contribution is -2.48. The summed E-state index contributed by atoms with van der Waals surface area (Å²) in [6.07, 6.45) is 3.14. The van der Waals surface area contributed by atoms with E-state index in [0.717, 1.165) is 12.8 Å². The van der Waals surface area contributed by atoms with Crippen LogP contribution in [-0.2, 0) is 6.42 Å². The van der Waals surface area contributed by atoms with E-state index >= 15 is 0 Å². The fraction of sp³-hybridized carbons (Fsp3) is 0.652. The van der Waals surface area contributed by atoms with Gasteiger partial charge >= 0.3 is 0 Å². The fourth-order valence-corrected chi connectivity index (χ4v) is 5.71. The highest BCUT2D eigenvalue weighted by atomic mass is 16.5. The summed E-state index contributed by atoms with van der Waals surface area (Å²) in [5.41, 5.74) is 0.200. The maximum absolute atomic E-state index is 12.9. The van der Waals surface area contributed by atoms with E-state index in [1.54, 1.807) is 0 Å². The molecule has 0 bridgehead atoms. The van der Waals surface area contributed by atoms with E-state index < -0.39 is 11.4 Å². The molecule has 2 N–H and O–H groups in total. The fourth-order valence-electron chi connectivity index (χ4n) is 5.71. The molecule has 0 unspecified atom stereocenters. The van der Waals surface area contributed by atoms with Crippen LogP contribution < -0.4 is 4.74 Å². The number of phenols is 2. The Hall–Kier alpha value is -2.04. The Bertz CT molecular complexity index is 868. The quantitative estimate of drug-likeness (QED) is 0.587. The van der Waals surface area contributed by atoms with Crippen molar-refractivity contribution in [2.45, 2.75) is 65.9 Å². The number of carbonyl (C=O) groups excluding carboxylic acids is 2. The predicted molar refractivity (Wildman–Crippen MR) is 105 cm³/mol. The smallest absolute Gasteiger partial charge is 0.170 e. The molecular formula is C23H30O5. The van der Waals surface area contributed by atoms with E-state index in [4.69, 9.17) is 4.74 Å². The van der Waals surface area contributed by atoms with Crippen LogP contribution in [0.1, 0.15) is 80.2 Å². The minimum atomic E-state index is -0.459. The number of ether oxygens (including phenoxy) is 1. The Labute approximate surface area is 166 Å². The van der Waals surface area contributed by atoms with Crippen molar-refractivity contribution in [1.29, 1.82) is 0 Å². The van der Waals surface area contributed by atoms with Gasteiger partial charge in [-0.05, 0) is 49.4 Å². The number of aromatic hydroxyl groups is 2. The highest BCUT2D eigenvalue weighted by Gasteiger charge is 2.65. The molecule has 2 aliphatic carbocycles. The van der Waals surface area contributed by atoms with Crippen molar-refractivity contribution in [3.63, 3.8) is 0 Å². The van der Waals surface area contributed by atoms with Gasteiger partial charge in [-0.3, -0.25) is 9.59 Å². The second-order valence-electron chi connectivity index (χ2n) is 10.2. The summed E-state index contributed by atoms with van der Waals surface area (Å²) in [5.74, 6) is 0.888. The van der Waals surface area contributed by atoms with Gasteiger partial charge < -0.3 is 14.9 Å². The van der Waals surface area contributed by atoms with E-state index in [9.17, 15) is 19.8 Å². The zero-order valence-electron chi connectivity index (χ0n) is 17.3. The number of hydrogen-bond donors (Lipinski definition) is 2. The van der Waals surface area contributed by atoms with Crippen molar-refractivity contribution in [2.24, 2.45) is 29.1 Å². The van der Waals surface area contributed by atoms with Gasteiger partial charge in [0.2, 0.25) is 0 Å². The van der Waals surface area contributed by atoms with Crippen molar-refractivity contribution in [3.8, 4) is 17.2 Å². The maximum Gasteiger partial charge on any atom is 0.170 e. The van der Waals surface area contributed by atoms with Gasteiger partial charge in [0.25, 0.3) is 0 Å². The zero-order valence-corrected chi connectivity index (χ0v) is 17.3. The number of ketones is 1. The summed E-state index contributed by atoms with van der Waals surface area (Å²) >= 11 is 0. The van der Waals surface area contributed by atoms with Crippen molar-refractivity contribution < 1.29 is 24.5 Å². The molecule has 5 nitrogen and oxygen atoms in total. The van der Waals surface area contributed by atoms with Crippen LogP contribution in [0, 0.1) is 29.1 Å². The molecule has 1 aromatic rings. The lowest BCUT2D eigenvalue weighted by molar-refractivity contribution is -0.0266. The average Bonchev–Trinajstić information content (AvgIpc) is 3.10. The van der Waals surface area contributed by atoms with Gasteiger partial charge in [-0.25, -0.2) is 0 Å². The lowest BCUT2D eigenvalue weighted by Gasteiger charge is -2.46. The number of rotatable bonds is 4. The Morgan fingerprint density at radius 3 is 2.50 bits per heavy atom. The monoisotopic (exact) mass is 386 g/mol. The molecular weight excluding hydrogens is 356 g/mol. The van der Waals surface area contributed by atoms with Crippen LogP contribution in [0.25, 0.3) is 0 Å². The lowest BCUT2D eigenvalue weighted by atomic mass is 9.71. The molecule has 4 rings (SSSR count). The average molecular weight is 386 g/mol. The predicted octanol–water partition coefficient (Wildman–Crippen LogP) is 4.51. The number of benzene rings is 1. The van der Waals surface area contributed by atoms with Crippen molar-refractivity contribution in [3.05, 3.63) is 16.7 Å². The molecule has 152 valence electrons. The Morgan fingerprint density at radius 2 is 1.89 bits per heavy atom. The molecule has 2 saturated carbocycles. The molecule has 1 aromatic carbocycles. The summed E-state index contributed by atoms with van der Waals surface area (Å²) in [6.45, 7) is 10.5. The SMILES string of the molecule is CC(C)CC(=O)c1c(O)c(C=O)c(O)c2c1O[C@]1(C)C[C@@H]3[C@H](C[C@@H]1C2)C3(C)C. The largest absolute Gasteiger partial charge is 0.507 e. The molecule has 0 aromatic heterocycles. The van der Waals surface area contributed by atoms with Crippen LogP contribution in [0.2, 0.25) is 0 Å². The Balaban J connectivity index is 1.83. The third kappa shape index (κ3) is 2.58. The second-order valence-corrected chi connectivity index (χ2v) is 10.2. The minimum absolute atomic E-state index is 0.0560. The number of hydrogen-bond acceptors (Lipinski definition) is 5. The molecule has 5 heteroatoms. The first-order chi connectivity index (χ1) is 13.0. The summed E-state index contributed by atoms with van der Waals surface area (Å²) < 4.78 is 6.45. The molecule has 1 aliphatic heterocycles. The summed E-state index contributed by atoms with van der Waals surface area (Å²) in [6, 6.07) is 0. The number of aldehydes is 1. The minimum Gasteiger partial charge on any atom is -0.507 e. The molecule has 2 fully saturated rings. The van der Waals surface area contributed by atoms with Crippen LogP contribution in [0.3, 0.4) is 0 Å². The van der Waals surface area contributed by atoms with Gasteiger partial charge in [0, 0.05) is 17.9 Å². The van der Waals surface area contributed by atoms with Gasteiger partial charge in [0.1, 0.15) is 28.4 Å².